The Morgan fingerprint density at radius 1 is 0.655 bits per heavy atom. The molecule has 4 aromatic carbocycles. The minimum Gasteiger partial charge on any atom is -0.355 e. The Balaban J connectivity index is 1.63. The van der Waals surface area contributed by atoms with Crippen LogP contribution in [0.3, 0.4) is 0 Å². The lowest BCUT2D eigenvalue weighted by molar-refractivity contribution is 1.37. The van der Waals surface area contributed by atoms with Crippen molar-refractivity contribution in [1.82, 2.24) is 0 Å². The van der Waals surface area contributed by atoms with Crippen LogP contribution in [0.25, 0.3) is 11.6 Å². The van der Waals surface area contributed by atoms with E-state index in [9.17, 15) is 0 Å². The van der Waals surface area contributed by atoms with E-state index < -0.39 is 0 Å². The highest BCUT2D eigenvalue weighted by molar-refractivity contribution is 5.91. The second-order valence-corrected chi connectivity index (χ2v) is 7.36. The number of hydrogen-bond donors (Lipinski definition) is 1. The largest absolute Gasteiger partial charge is 0.355 e. The first-order chi connectivity index (χ1) is 14.2. The van der Waals surface area contributed by atoms with E-state index in [1.54, 1.807) is 0 Å². The van der Waals surface area contributed by atoms with Gasteiger partial charge in [-0.25, -0.2) is 0 Å². The molecule has 0 bridgehead atoms. The zero-order valence-electron chi connectivity index (χ0n) is 16.9. The molecule has 4 aromatic rings. The van der Waals surface area contributed by atoms with E-state index in [-0.39, 0.29) is 0 Å². The lowest BCUT2D eigenvalue weighted by Gasteiger charge is -2.11. The molecule has 0 saturated carbocycles. The van der Waals surface area contributed by atoms with Crippen LogP contribution in [0.5, 0.6) is 0 Å². The Bertz CT molecular complexity index is 1070. The Morgan fingerprint density at radius 2 is 1.24 bits per heavy atom. The third-order valence-electron chi connectivity index (χ3n) is 5.05. The molecule has 4 rings (SSSR count). The summed E-state index contributed by atoms with van der Waals surface area (Å²) >= 11 is 0. The zero-order valence-corrected chi connectivity index (χ0v) is 16.9. The summed E-state index contributed by atoms with van der Waals surface area (Å²) in [6, 6.07) is 36.2. The van der Waals surface area contributed by atoms with Gasteiger partial charge in [0.2, 0.25) is 0 Å². The second kappa shape index (κ2) is 8.62. The summed E-state index contributed by atoms with van der Waals surface area (Å²) in [5.74, 6) is 0. The fraction of sp³-hybridized carbons (Fsp3) is 0.0714. The van der Waals surface area contributed by atoms with Gasteiger partial charge in [-0.2, -0.15) is 0 Å². The molecule has 0 aliphatic rings. The van der Waals surface area contributed by atoms with Crippen molar-refractivity contribution in [2.24, 2.45) is 0 Å². The maximum Gasteiger partial charge on any atom is 0.0414 e. The van der Waals surface area contributed by atoms with Crippen molar-refractivity contribution in [3.05, 3.63) is 131 Å². The lowest BCUT2D eigenvalue weighted by Crippen LogP contribution is -1.93. The van der Waals surface area contributed by atoms with Crippen molar-refractivity contribution in [3.8, 4) is 0 Å². The van der Waals surface area contributed by atoms with E-state index in [4.69, 9.17) is 0 Å². The highest BCUT2D eigenvalue weighted by atomic mass is 14.9. The molecule has 1 nitrogen and oxygen atoms in total. The van der Waals surface area contributed by atoms with Crippen molar-refractivity contribution in [2.75, 3.05) is 5.32 Å². The van der Waals surface area contributed by atoms with Crippen LogP contribution in [0.4, 0.5) is 11.4 Å². The number of hydrogen-bond acceptors (Lipinski definition) is 1. The first-order valence-electron chi connectivity index (χ1n) is 9.96. The fourth-order valence-corrected chi connectivity index (χ4v) is 3.51. The Labute approximate surface area is 173 Å². The molecule has 0 radical (unpaired) electrons. The van der Waals surface area contributed by atoms with Gasteiger partial charge in [0.1, 0.15) is 0 Å². The smallest absolute Gasteiger partial charge is 0.0414 e. The molecule has 0 spiro atoms. The Morgan fingerprint density at radius 3 is 1.79 bits per heavy atom. The fourth-order valence-electron chi connectivity index (χ4n) is 3.51. The number of rotatable bonds is 5. The van der Waals surface area contributed by atoms with Crippen LogP contribution in [-0.2, 0) is 0 Å². The Hall–Kier alpha value is -3.58. The van der Waals surface area contributed by atoms with E-state index in [1.165, 1.54) is 33.4 Å². The zero-order chi connectivity index (χ0) is 20.1. The van der Waals surface area contributed by atoms with Gasteiger partial charge in [0.25, 0.3) is 0 Å². The summed E-state index contributed by atoms with van der Waals surface area (Å²) in [6.07, 6.45) is 2.26. The van der Waals surface area contributed by atoms with Gasteiger partial charge in [0, 0.05) is 11.4 Å². The third kappa shape index (κ3) is 4.64. The maximum absolute atomic E-state index is 3.52. The van der Waals surface area contributed by atoms with Crippen LogP contribution in [0.15, 0.2) is 103 Å². The SMILES string of the molecule is Cc1ccc(Nc2ccc(C=C(c3ccccc3)c3ccccc3)cc2)c(C)c1. The van der Waals surface area contributed by atoms with Crippen LogP contribution < -0.4 is 5.32 Å². The molecule has 0 unspecified atom stereocenters. The van der Waals surface area contributed by atoms with Crippen molar-refractivity contribution in [1.29, 1.82) is 0 Å². The van der Waals surface area contributed by atoms with Crippen LogP contribution in [0, 0.1) is 13.8 Å². The summed E-state index contributed by atoms with van der Waals surface area (Å²) in [6.45, 7) is 4.26. The summed E-state index contributed by atoms with van der Waals surface area (Å²) < 4.78 is 0. The van der Waals surface area contributed by atoms with E-state index in [1.807, 2.05) is 0 Å². The third-order valence-corrected chi connectivity index (χ3v) is 5.05. The van der Waals surface area contributed by atoms with Crippen LogP contribution in [-0.4, -0.2) is 0 Å². The van der Waals surface area contributed by atoms with E-state index in [2.05, 4.69) is 128 Å². The number of nitrogens with one attached hydrogen (secondary N) is 1. The predicted molar refractivity (Wildman–Crippen MR) is 125 cm³/mol. The van der Waals surface area contributed by atoms with Crippen LogP contribution in [0.2, 0.25) is 0 Å². The van der Waals surface area contributed by atoms with E-state index >= 15 is 0 Å². The monoisotopic (exact) mass is 375 g/mol. The summed E-state index contributed by atoms with van der Waals surface area (Å²) in [7, 11) is 0. The van der Waals surface area contributed by atoms with Crippen molar-refractivity contribution in [3.63, 3.8) is 0 Å². The highest BCUT2D eigenvalue weighted by Gasteiger charge is 2.05. The molecule has 0 aliphatic heterocycles. The van der Waals surface area contributed by atoms with E-state index in [0.717, 1.165) is 11.4 Å². The topological polar surface area (TPSA) is 12.0 Å². The lowest BCUT2D eigenvalue weighted by atomic mass is 9.96. The molecule has 0 saturated heterocycles. The average molecular weight is 376 g/mol. The molecule has 1 heteroatoms. The van der Waals surface area contributed by atoms with Crippen LogP contribution in [0.1, 0.15) is 27.8 Å². The summed E-state index contributed by atoms with van der Waals surface area (Å²) in [4.78, 5) is 0. The minimum absolute atomic E-state index is 1.09. The molecule has 1 N–H and O–H groups in total. The molecule has 0 aromatic heterocycles. The van der Waals surface area contributed by atoms with Gasteiger partial charge in [-0.05, 0) is 65.9 Å². The molecule has 0 fully saturated rings. The molecule has 29 heavy (non-hydrogen) atoms. The van der Waals surface area contributed by atoms with E-state index in [0.29, 0.717) is 0 Å². The second-order valence-electron chi connectivity index (χ2n) is 7.36. The molecule has 0 amide bonds. The van der Waals surface area contributed by atoms with Crippen molar-refractivity contribution < 1.29 is 0 Å². The van der Waals surface area contributed by atoms with Gasteiger partial charge >= 0.3 is 0 Å². The molecule has 142 valence electrons. The summed E-state index contributed by atoms with van der Waals surface area (Å²) in [5.41, 5.74) is 9.61. The number of aryl methyl sites for hydroxylation is 2. The van der Waals surface area contributed by atoms with Gasteiger partial charge in [0.15, 0.2) is 0 Å². The summed E-state index contributed by atoms with van der Waals surface area (Å²) in [5, 5.41) is 3.52. The number of anilines is 2. The maximum atomic E-state index is 3.52. The van der Waals surface area contributed by atoms with Crippen molar-refractivity contribution in [2.45, 2.75) is 13.8 Å². The van der Waals surface area contributed by atoms with Crippen LogP contribution >= 0.6 is 0 Å². The minimum atomic E-state index is 1.09. The Kier molecular flexibility index (Phi) is 5.58. The molecule has 0 atom stereocenters. The predicted octanol–water partition coefficient (Wildman–Crippen LogP) is 7.64. The van der Waals surface area contributed by atoms with Crippen molar-refractivity contribution >= 4 is 23.0 Å². The molecular weight excluding hydrogens is 350 g/mol. The first-order valence-corrected chi connectivity index (χ1v) is 9.96. The van der Waals surface area contributed by atoms with Gasteiger partial charge in [-0.15, -0.1) is 0 Å². The quantitative estimate of drug-likeness (QED) is 0.353. The molecule has 0 aliphatic carbocycles. The van der Waals surface area contributed by atoms with Gasteiger partial charge in [-0.3, -0.25) is 0 Å². The number of benzene rings is 4. The normalized spacial score (nSPS) is 10.4. The average Bonchev–Trinajstić information content (AvgIpc) is 2.76. The van der Waals surface area contributed by atoms with Gasteiger partial charge in [0.05, 0.1) is 0 Å². The van der Waals surface area contributed by atoms with Gasteiger partial charge < -0.3 is 5.32 Å². The first kappa shape index (κ1) is 18.8. The molecular formula is C28H25N. The van der Waals surface area contributed by atoms with Gasteiger partial charge in [-0.1, -0.05) is 90.5 Å². The standard InChI is InChI=1S/C28H25N/c1-21-13-18-28(22(2)19-21)29-26-16-14-23(15-17-26)20-27(24-9-5-3-6-10-24)25-11-7-4-8-12-25/h3-20,29H,1-2H3. The highest BCUT2D eigenvalue weighted by Crippen LogP contribution is 2.27. The molecule has 0 heterocycles.